The minimum Gasteiger partial charge on any atom is -0.347 e. The molecule has 0 radical (unpaired) electrons. The van der Waals surface area contributed by atoms with Gasteiger partial charge in [0.05, 0.1) is 16.9 Å². The van der Waals surface area contributed by atoms with Crippen LogP contribution < -0.4 is 16.2 Å². The predicted octanol–water partition coefficient (Wildman–Crippen LogP) is 3.08. The first-order chi connectivity index (χ1) is 14.1. The molecule has 9 heteroatoms. The van der Waals surface area contributed by atoms with Gasteiger partial charge in [0, 0.05) is 22.6 Å². The van der Waals surface area contributed by atoms with Crippen molar-refractivity contribution >= 4 is 29.1 Å². The Morgan fingerprint density at radius 3 is 2.60 bits per heavy atom. The van der Waals surface area contributed by atoms with Gasteiger partial charge in [-0.1, -0.05) is 11.6 Å². The summed E-state index contributed by atoms with van der Waals surface area (Å²) in [6.45, 7) is 3.72. The van der Waals surface area contributed by atoms with E-state index in [2.05, 4.69) is 15.6 Å². The number of rotatable bonds is 7. The van der Waals surface area contributed by atoms with E-state index in [1.807, 2.05) is 0 Å². The van der Waals surface area contributed by atoms with Gasteiger partial charge in [0.2, 0.25) is 11.8 Å². The lowest BCUT2D eigenvalue weighted by Gasteiger charge is -2.23. The number of hydrogen-bond acceptors (Lipinski definition) is 4. The molecule has 160 valence electrons. The molecule has 2 N–H and O–H groups in total. The van der Waals surface area contributed by atoms with Crippen LogP contribution in [0.3, 0.4) is 0 Å². The molecule has 1 heterocycles. The number of halogens is 2. The molecular weight excluding hydrogens is 411 g/mol. The Morgan fingerprint density at radius 1 is 1.30 bits per heavy atom. The maximum absolute atomic E-state index is 12.9. The van der Waals surface area contributed by atoms with Crippen molar-refractivity contribution in [1.29, 1.82) is 0 Å². The van der Waals surface area contributed by atoms with Gasteiger partial charge >= 0.3 is 0 Å². The van der Waals surface area contributed by atoms with Gasteiger partial charge in [0.1, 0.15) is 19.0 Å². The fourth-order valence-electron chi connectivity index (χ4n) is 2.97. The Morgan fingerprint density at radius 2 is 2.00 bits per heavy atom. The van der Waals surface area contributed by atoms with Gasteiger partial charge in [-0.25, -0.2) is 9.37 Å². The highest BCUT2D eigenvalue weighted by Gasteiger charge is 2.30. The van der Waals surface area contributed by atoms with Gasteiger partial charge in [0.25, 0.3) is 5.56 Å². The Kier molecular flexibility index (Phi) is 6.26. The molecule has 1 aliphatic carbocycles. The molecule has 7 nitrogen and oxygen atoms in total. The van der Waals surface area contributed by atoms with Crippen molar-refractivity contribution in [2.45, 2.75) is 45.7 Å². The number of carbonyl (C=O) groups is 2. The Balaban J connectivity index is 1.89. The van der Waals surface area contributed by atoms with Crippen molar-refractivity contribution in [2.75, 3.05) is 12.0 Å². The van der Waals surface area contributed by atoms with Gasteiger partial charge < -0.3 is 10.6 Å². The Labute approximate surface area is 178 Å². The molecule has 1 aromatic heterocycles. The highest BCUT2D eigenvalue weighted by molar-refractivity contribution is 6.31. The maximum Gasteiger partial charge on any atom is 0.254 e. The van der Waals surface area contributed by atoms with Crippen LogP contribution in [-0.4, -0.2) is 33.6 Å². The van der Waals surface area contributed by atoms with Gasteiger partial charge in [0.15, 0.2) is 0 Å². The van der Waals surface area contributed by atoms with Gasteiger partial charge in [-0.15, -0.1) is 0 Å². The number of hydrogen-bond donors (Lipinski definition) is 2. The average Bonchev–Trinajstić information content (AvgIpc) is 3.49. The van der Waals surface area contributed by atoms with Gasteiger partial charge in [-0.2, -0.15) is 0 Å². The predicted molar refractivity (Wildman–Crippen MR) is 113 cm³/mol. The molecule has 2 aromatic rings. The van der Waals surface area contributed by atoms with Crippen molar-refractivity contribution < 1.29 is 14.0 Å². The number of nitrogens with zero attached hydrogens (tertiary/aromatic N) is 2. The van der Waals surface area contributed by atoms with Crippen LogP contribution in [0.25, 0.3) is 11.3 Å². The third-order valence-electron chi connectivity index (χ3n) is 4.78. The van der Waals surface area contributed by atoms with Crippen LogP contribution in [0, 0.1) is 12.8 Å². The minimum absolute atomic E-state index is 0.00612. The Bertz CT molecular complexity index is 1050. The smallest absolute Gasteiger partial charge is 0.254 e. The molecule has 1 aliphatic rings. The van der Waals surface area contributed by atoms with E-state index in [0.29, 0.717) is 27.8 Å². The number of aryl methyl sites for hydroxylation is 1. The lowest BCUT2D eigenvalue weighted by molar-refractivity contribution is -0.123. The van der Waals surface area contributed by atoms with E-state index in [-0.39, 0.29) is 18.4 Å². The monoisotopic (exact) mass is 434 g/mol. The third kappa shape index (κ3) is 5.24. The first-order valence-electron chi connectivity index (χ1n) is 9.66. The normalized spacial score (nSPS) is 13.8. The lowest BCUT2D eigenvalue weighted by Crippen LogP contribution is -2.47. The standard InChI is InChI=1S/C21H24ClFN4O3/c1-12-24-17(9-19(29)27(12)10-18(28)26-21(2,3)11-23)15-7-6-14(22)8-16(15)25-20(30)13-4-5-13/h6-9,13H,4-5,10-11H2,1-3H3,(H,25,30)(H,26,28). The second-order valence-corrected chi connectivity index (χ2v) is 8.57. The summed E-state index contributed by atoms with van der Waals surface area (Å²) in [5, 5.41) is 5.85. The molecule has 0 atom stereocenters. The van der Waals surface area contributed by atoms with E-state index in [0.717, 1.165) is 12.8 Å². The summed E-state index contributed by atoms with van der Waals surface area (Å²) in [5.41, 5.74) is -0.0456. The maximum atomic E-state index is 12.9. The molecule has 1 saturated carbocycles. The molecule has 30 heavy (non-hydrogen) atoms. The van der Waals surface area contributed by atoms with Crippen molar-refractivity contribution in [3.05, 3.63) is 45.5 Å². The Hall–Kier alpha value is -2.74. The molecule has 0 spiro atoms. The van der Waals surface area contributed by atoms with Crippen LogP contribution in [0.5, 0.6) is 0 Å². The average molecular weight is 435 g/mol. The quantitative estimate of drug-likeness (QED) is 0.700. The summed E-state index contributed by atoms with van der Waals surface area (Å²) in [7, 11) is 0. The summed E-state index contributed by atoms with van der Waals surface area (Å²) in [4.78, 5) is 41.5. The van der Waals surface area contributed by atoms with E-state index >= 15 is 0 Å². The van der Waals surface area contributed by atoms with Crippen LogP contribution in [0.1, 0.15) is 32.5 Å². The molecule has 0 bridgehead atoms. The fraction of sp³-hybridized carbons (Fsp3) is 0.429. The molecular formula is C21H24ClFN4O3. The zero-order chi connectivity index (χ0) is 22.1. The van der Waals surface area contributed by atoms with Gasteiger partial charge in [-0.05, 0) is 51.8 Å². The minimum atomic E-state index is -1.01. The highest BCUT2D eigenvalue weighted by atomic mass is 35.5. The first-order valence-corrected chi connectivity index (χ1v) is 10.0. The zero-order valence-electron chi connectivity index (χ0n) is 17.1. The van der Waals surface area contributed by atoms with Gasteiger partial charge in [-0.3, -0.25) is 19.0 Å². The van der Waals surface area contributed by atoms with Crippen LogP contribution in [-0.2, 0) is 16.1 Å². The SMILES string of the molecule is Cc1nc(-c2ccc(Cl)cc2NC(=O)C2CC2)cc(=O)n1CC(=O)NC(C)(C)CF. The topological polar surface area (TPSA) is 93.1 Å². The second kappa shape index (κ2) is 8.55. The summed E-state index contributed by atoms with van der Waals surface area (Å²) in [6, 6.07) is 6.26. The van der Waals surface area contributed by atoms with Crippen LogP contribution in [0.15, 0.2) is 29.1 Å². The van der Waals surface area contributed by atoms with Crippen LogP contribution >= 0.6 is 11.6 Å². The van der Waals surface area contributed by atoms with E-state index < -0.39 is 23.7 Å². The van der Waals surface area contributed by atoms with E-state index in [1.54, 1.807) is 39.0 Å². The van der Waals surface area contributed by atoms with Crippen molar-refractivity contribution in [2.24, 2.45) is 5.92 Å². The summed E-state index contributed by atoms with van der Waals surface area (Å²) < 4.78 is 14.2. The number of carbonyl (C=O) groups excluding carboxylic acids is 2. The number of alkyl halides is 1. The molecule has 2 amide bonds. The summed E-state index contributed by atoms with van der Waals surface area (Å²) in [5.74, 6) is -0.247. The number of amides is 2. The van der Waals surface area contributed by atoms with E-state index in [4.69, 9.17) is 11.6 Å². The zero-order valence-corrected chi connectivity index (χ0v) is 17.8. The molecule has 0 unspecified atom stereocenters. The lowest BCUT2D eigenvalue weighted by atomic mass is 10.1. The third-order valence-corrected chi connectivity index (χ3v) is 5.01. The summed E-state index contributed by atoms with van der Waals surface area (Å²) in [6.07, 6.45) is 1.72. The van der Waals surface area contributed by atoms with E-state index in [1.165, 1.54) is 10.6 Å². The molecule has 3 rings (SSSR count). The molecule has 1 aromatic carbocycles. The number of aromatic nitrogens is 2. The second-order valence-electron chi connectivity index (χ2n) is 8.13. The van der Waals surface area contributed by atoms with Crippen molar-refractivity contribution in [1.82, 2.24) is 14.9 Å². The van der Waals surface area contributed by atoms with E-state index in [9.17, 15) is 18.8 Å². The largest absolute Gasteiger partial charge is 0.347 e. The first kappa shape index (κ1) is 22.0. The molecule has 1 fully saturated rings. The molecule has 0 aliphatic heterocycles. The van der Waals surface area contributed by atoms with Crippen LogP contribution in [0.2, 0.25) is 5.02 Å². The number of benzene rings is 1. The number of anilines is 1. The van der Waals surface area contributed by atoms with Crippen molar-refractivity contribution in [3.63, 3.8) is 0 Å². The van der Waals surface area contributed by atoms with Crippen LogP contribution in [0.4, 0.5) is 10.1 Å². The van der Waals surface area contributed by atoms with Crippen molar-refractivity contribution in [3.8, 4) is 11.3 Å². The number of nitrogens with one attached hydrogen (secondary N) is 2. The fourth-order valence-corrected chi connectivity index (χ4v) is 3.14. The highest BCUT2D eigenvalue weighted by Crippen LogP contribution is 2.33. The summed E-state index contributed by atoms with van der Waals surface area (Å²) >= 11 is 6.08. The molecule has 0 saturated heterocycles.